The molecule has 2 aliphatic heterocycles. The number of halogens is 2. The molecular formula is C62H48I2O6P3+. The zero-order valence-corrected chi connectivity index (χ0v) is 44.6. The van der Waals surface area contributed by atoms with E-state index >= 15 is 0 Å². The average molecular weight is 1240 g/mol. The molecule has 13 rings (SSSR count). The van der Waals surface area contributed by atoms with E-state index in [0.29, 0.717) is 38.3 Å². The minimum Gasteiger partial charge on any atom is -0.436 e. The van der Waals surface area contributed by atoms with Crippen LogP contribution in [0.25, 0.3) is 66.0 Å². The van der Waals surface area contributed by atoms with E-state index in [2.05, 4.69) is 93.7 Å². The monoisotopic (exact) mass is 1240 g/mol. The highest BCUT2D eigenvalue weighted by Crippen LogP contribution is 2.55. The summed E-state index contributed by atoms with van der Waals surface area (Å²) in [4.78, 5) is 0. The summed E-state index contributed by atoms with van der Waals surface area (Å²) >= 11 is 4.64. The van der Waals surface area contributed by atoms with Gasteiger partial charge in [0.25, 0.3) is 0 Å². The topological polar surface area (TPSA) is 82.8 Å². The maximum absolute atomic E-state index is 14.4. The molecule has 6 nitrogen and oxygen atoms in total. The highest BCUT2D eigenvalue weighted by atomic mass is 127. The number of hydrogen-bond donors (Lipinski definition) is 0. The number of benzene rings is 10. The third-order valence-corrected chi connectivity index (χ3v) is 20.0. The lowest BCUT2D eigenvalue weighted by Crippen LogP contribution is -2.25. The zero-order chi connectivity index (χ0) is 48.5. The zero-order valence-electron chi connectivity index (χ0n) is 37.6. The third-order valence-electron chi connectivity index (χ3n) is 12.5. The van der Waals surface area contributed by atoms with Crippen LogP contribution in [0.3, 0.4) is 0 Å². The van der Waals surface area contributed by atoms with E-state index in [-0.39, 0.29) is 14.9 Å². The molecule has 73 heavy (non-hydrogen) atoms. The Morgan fingerprint density at radius 2 is 0.699 bits per heavy atom. The van der Waals surface area contributed by atoms with Gasteiger partial charge in [0, 0.05) is 29.0 Å². The first-order valence-electron chi connectivity index (χ1n) is 22.7. The fraction of sp³-hybridized carbons (Fsp3) is 0.0323. The Morgan fingerprint density at radius 3 is 1.15 bits per heavy atom. The summed E-state index contributed by atoms with van der Waals surface area (Å²) in [5, 5.41) is 5.51. The summed E-state index contributed by atoms with van der Waals surface area (Å²) < 4.78 is 61.1. The molecule has 10 aromatic carbocycles. The second kappa shape index (κ2) is 22.0. The van der Waals surface area contributed by atoms with E-state index in [9.17, 15) is 13.7 Å². The van der Waals surface area contributed by atoms with Gasteiger partial charge in [0.15, 0.2) is 5.58 Å². The summed E-state index contributed by atoms with van der Waals surface area (Å²) in [6.07, 6.45) is 0. The van der Waals surface area contributed by atoms with Gasteiger partial charge in [-0.3, -0.25) is 9.13 Å². The Hall–Kier alpha value is -6.38. The molecule has 2 aliphatic rings. The number of fused-ring (bicyclic) bond motifs is 9. The molecule has 0 spiro atoms. The molecule has 0 aliphatic carbocycles. The van der Waals surface area contributed by atoms with Crippen LogP contribution in [0.2, 0.25) is 0 Å². The maximum atomic E-state index is 14.4. The second-order valence-electron chi connectivity index (χ2n) is 16.8. The van der Waals surface area contributed by atoms with Crippen LogP contribution in [0.5, 0.6) is 11.5 Å². The Balaban J connectivity index is 0.000000172. The Bertz CT molecular complexity index is 3740. The van der Waals surface area contributed by atoms with Gasteiger partial charge < -0.3 is 9.05 Å². The van der Waals surface area contributed by atoms with Crippen LogP contribution >= 0.6 is 67.6 Å². The summed E-state index contributed by atoms with van der Waals surface area (Å²) in [6, 6.07) is 78.8. The lowest BCUT2D eigenvalue weighted by molar-refractivity contribution is 0.500. The Labute approximate surface area is 454 Å². The molecule has 1 aromatic heterocycles. The van der Waals surface area contributed by atoms with Gasteiger partial charge in [-0.1, -0.05) is 167 Å². The third kappa shape index (κ3) is 10.2. The van der Waals surface area contributed by atoms with E-state index in [1.807, 2.05) is 194 Å². The lowest BCUT2D eigenvalue weighted by atomic mass is 10.0. The van der Waals surface area contributed by atoms with Gasteiger partial charge >= 0.3 is 22.4 Å². The van der Waals surface area contributed by atoms with Crippen molar-refractivity contribution in [3.63, 3.8) is 0 Å². The lowest BCUT2D eigenvalue weighted by Gasteiger charge is -2.29. The Morgan fingerprint density at radius 1 is 0.356 bits per heavy atom. The first-order chi connectivity index (χ1) is 34.7. The minimum absolute atomic E-state index is 0. The van der Waals surface area contributed by atoms with Crippen molar-refractivity contribution < 1.29 is 26.9 Å². The van der Waals surface area contributed by atoms with Crippen LogP contribution in [0.15, 0.2) is 247 Å². The van der Waals surface area contributed by atoms with Crippen molar-refractivity contribution in [3.05, 3.63) is 250 Å². The quantitative estimate of drug-likeness (QED) is 0.0992. The molecule has 3 unspecified atom stereocenters. The van der Waals surface area contributed by atoms with E-state index in [1.54, 1.807) is 0 Å². The van der Waals surface area contributed by atoms with Crippen LogP contribution in [0, 0.1) is 7.14 Å². The van der Waals surface area contributed by atoms with E-state index in [1.165, 1.54) is 18.3 Å². The summed E-state index contributed by atoms with van der Waals surface area (Å²) in [5.41, 5.74) is 8.94. The highest BCUT2D eigenvalue weighted by Gasteiger charge is 2.39. The first-order valence-corrected chi connectivity index (χ1v) is 29.3. The highest BCUT2D eigenvalue weighted by molar-refractivity contribution is 14.1. The molecule has 11 aromatic rings. The molecule has 3 atom stereocenters. The van der Waals surface area contributed by atoms with Gasteiger partial charge in [-0.15, -0.1) is 0 Å². The largest absolute Gasteiger partial charge is 0.597 e. The van der Waals surface area contributed by atoms with Gasteiger partial charge in [-0.05, 0) is 174 Å². The van der Waals surface area contributed by atoms with Crippen molar-refractivity contribution in [2.75, 3.05) is 0 Å². The smallest absolute Gasteiger partial charge is 0.436 e. The fourth-order valence-electron chi connectivity index (χ4n) is 8.97. The number of para-hydroxylation sites is 3. The van der Waals surface area contributed by atoms with Gasteiger partial charge in [-0.2, -0.15) is 0 Å². The number of rotatable bonds is 4. The summed E-state index contributed by atoms with van der Waals surface area (Å²) in [6.45, 7) is 0. The molecular weight excluding hydrogens is 1190 g/mol. The van der Waals surface area contributed by atoms with Gasteiger partial charge in [0.05, 0.1) is 21.2 Å². The molecule has 0 radical (unpaired) electrons. The molecule has 360 valence electrons. The second-order valence-corrected chi connectivity index (χ2v) is 25.0. The van der Waals surface area contributed by atoms with Crippen molar-refractivity contribution in [3.8, 4) is 56.0 Å². The predicted octanol–water partition coefficient (Wildman–Crippen LogP) is 18.1. The SMILES string of the molecule is C.C.Ic1ccc(-c2ccc(I)cc2)cc1.O=P1(c2ccc(-c3ccc(P4(=O)Oc5ccccc5-c5ccccc54)cc3)cc2)Oc2ccccc2-c2ccccc21.O=[p+]1oc2ccccc2c2ccccc21. The summed E-state index contributed by atoms with van der Waals surface area (Å²) in [5.74, 6) is 1.26. The average Bonchev–Trinajstić information content (AvgIpc) is 3.42. The molecule has 0 amide bonds. The van der Waals surface area contributed by atoms with Gasteiger partial charge in [0.2, 0.25) is 5.12 Å². The minimum atomic E-state index is -3.35. The molecule has 0 fully saturated rings. The van der Waals surface area contributed by atoms with Crippen LogP contribution in [0.1, 0.15) is 14.9 Å². The predicted molar refractivity (Wildman–Crippen MR) is 323 cm³/mol. The molecule has 0 bridgehead atoms. The van der Waals surface area contributed by atoms with Gasteiger partial charge in [-0.25, -0.2) is 4.20 Å². The molecule has 3 heterocycles. The Kier molecular flexibility index (Phi) is 15.5. The van der Waals surface area contributed by atoms with E-state index in [0.717, 1.165) is 49.3 Å². The molecule has 0 saturated carbocycles. The van der Waals surface area contributed by atoms with Crippen molar-refractivity contribution >= 4 is 110 Å². The van der Waals surface area contributed by atoms with Crippen LogP contribution < -0.4 is 30.3 Å². The van der Waals surface area contributed by atoms with Crippen LogP contribution in [-0.2, 0) is 13.7 Å². The molecule has 0 N–H and O–H groups in total. The van der Waals surface area contributed by atoms with Crippen molar-refractivity contribution in [2.45, 2.75) is 14.9 Å². The van der Waals surface area contributed by atoms with Crippen LogP contribution in [-0.4, -0.2) is 0 Å². The molecule has 11 heteroatoms. The normalized spacial score (nSPS) is 15.8. The maximum Gasteiger partial charge on any atom is 0.597 e. The van der Waals surface area contributed by atoms with Crippen molar-refractivity contribution in [1.82, 2.24) is 0 Å². The summed E-state index contributed by atoms with van der Waals surface area (Å²) in [7, 11) is -8.44. The van der Waals surface area contributed by atoms with Crippen LogP contribution in [0.4, 0.5) is 0 Å². The molecule has 0 saturated heterocycles. The van der Waals surface area contributed by atoms with Crippen molar-refractivity contribution in [2.24, 2.45) is 0 Å². The van der Waals surface area contributed by atoms with E-state index < -0.39 is 22.4 Å². The number of hydrogen-bond acceptors (Lipinski definition) is 6. The van der Waals surface area contributed by atoms with Gasteiger partial charge in [0.1, 0.15) is 11.5 Å². The first kappa shape index (κ1) is 51.5. The van der Waals surface area contributed by atoms with Crippen molar-refractivity contribution in [1.29, 1.82) is 0 Å². The van der Waals surface area contributed by atoms with E-state index in [4.69, 9.17) is 13.2 Å². The fourth-order valence-corrected chi connectivity index (χ4v) is 15.2. The standard InChI is InChI=1S/C36H24O4P2.C12H8I2.C12H8O2P.2CH4/c37-41(35-15-7-3-11-31(35)29-9-1-5-13-33(29)39-41)27-21-17-25(18-22-27)26-19-23-28(24-20-26)42(38)36-16-8-4-12-32(36)30-10-2-6-14-34(30)40-42;13-11-5-1-9(2-6-11)10-3-7-12(14)8-4-10;13-15-12-8-4-2-6-10(12)9-5-1-3-7-11(9)14-15;;/h1-24H;1-8H;1-8H;2*1H4/q;;+1;;.